The normalized spacial score (nSPS) is 16.5. The zero-order valence-corrected chi connectivity index (χ0v) is 12.7. The molecule has 0 aromatic heterocycles. The number of nitrogens with one attached hydrogen (secondary N) is 1. The molecule has 0 radical (unpaired) electrons. The summed E-state index contributed by atoms with van der Waals surface area (Å²) in [5, 5.41) is 16.3. The minimum absolute atomic E-state index is 0.0334. The molecule has 0 saturated heterocycles. The van der Waals surface area contributed by atoms with Crippen molar-refractivity contribution in [2.45, 2.75) is 12.5 Å². The number of non-ortho nitro benzene ring substituents is 1. The van der Waals surface area contributed by atoms with Gasteiger partial charge in [0.05, 0.1) is 11.0 Å². The molecule has 1 heterocycles. The first kappa shape index (κ1) is 14.4. The number of rotatable bonds is 2. The summed E-state index contributed by atoms with van der Waals surface area (Å²) >= 11 is 0. The minimum Gasteiger partial charge on any atom is -0.377 e. The van der Waals surface area contributed by atoms with Crippen LogP contribution >= 0.6 is 0 Å². The summed E-state index contributed by atoms with van der Waals surface area (Å²) < 4.78 is 0. The molecular weight excluding hydrogens is 304 g/mol. The third-order valence-electron chi connectivity index (χ3n) is 4.41. The number of ketones is 1. The van der Waals surface area contributed by atoms with Gasteiger partial charge in [0.1, 0.15) is 0 Å². The number of anilines is 1. The lowest BCUT2D eigenvalue weighted by Crippen LogP contribution is -2.23. The van der Waals surface area contributed by atoms with Crippen LogP contribution in [0, 0.1) is 10.1 Å². The number of carbonyl (C=O) groups excluding carboxylic acids is 1. The summed E-state index contributed by atoms with van der Waals surface area (Å²) in [5.41, 5.74) is 2.26. The highest BCUT2D eigenvalue weighted by molar-refractivity contribution is 6.14. The fourth-order valence-electron chi connectivity index (χ4n) is 3.27. The average Bonchev–Trinajstić information content (AvgIpc) is 2.61. The van der Waals surface area contributed by atoms with Crippen molar-refractivity contribution in [1.82, 2.24) is 0 Å². The topological polar surface area (TPSA) is 72.2 Å². The van der Waals surface area contributed by atoms with Crippen LogP contribution in [0.25, 0.3) is 10.8 Å². The minimum atomic E-state index is -0.421. The molecule has 1 atom stereocenters. The van der Waals surface area contributed by atoms with E-state index in [0.717, 1.165) is 22.0 Å². The highest BCUT2D eigenvalue weighted by Gasteiger charge is 2.27. The van der Waals surface area contributed by atoms with Gasteiger partial charge in [-0.3, -0.25) is 14.9 Å². The number of nitrogens with zero attached hydrogens (tertiary/aromatic N) is 1. The third kappa shape index (κ3) is 2.31. The van der Waals surface area contributed by atoms with E-state index in [1.807, 2.05) is 42.5 Å². The number of nitro groups is 1. The number of fused-ring (bicyclic) bond motifs is 3. The van der Waals surface area contributed by atoms with Gasteiger partial charge in [-0.2, -0.15) is 0 Å². The van der Waals surface area contributed by atoms with Gasteiger partial charge in [-0.25, -0.2) is 0 Å². The van der Waals surface area contributed by atoms with Crippen molar-refractivity contribution in [3.63, 3.8) is 0 Å². The zero-order valence-electron chi connectivity index (χ0n) is 12.7. The lowest BCUT2D eigenvalue weighted by atomic mass is 9.89. The Morgan fingerprint density at radius 1 is 1.04 bits per heavy atom. The fourth-order valence-corrected chi connectivity index (χ4v) is 3.27. The summed E-state index contributed by atoms with van der Waals surface area (Å²) in [6.45, 7) is 0. The molecular formula is C19H14N2O3. The quantitative estimate of drug-likeness (QED) is 0.558. The van der Waals surface area contributed by atoms with E-state index in [0.29, 0.717) is 5.56 Å². The first-order valence-corrected chi connectivity index (χ1v) is 7.69. The van der Waals surface area contributed by atoms with Gasteiger partial charge in [0, 0.05) is 29.8 Å². The van der Waals surface area contributed by atoms with Crippen LogP contribution in [0.2, 0.25) is 0 Å². The standard InChI is InChI=1S/C19H14N2O3/c22-18-11-17(13-5-3-6-14(10-13)21(23)24)20-16-9-8-12-4-1-2-7-15(12)19(16)18/h1-10,17,20H,11H2. The molecule has 0 aliphatic carbocycles. The first-order chi connectivity index (χ1) is 11.6. The van der Waals surface area contributed by atoms with Crippen LogP contribution in [0.1, 0.15) is 28.4 Å². The number of benzene rings is 3. The molecule has 0 spiro atoms. The van der Waals surface area contributed by atoms with E-state index >= 15 is 0 Å². The summed E-state index contributed by atoms with van der Waals surface area (Å²) in [7, 11) is 0. The van der Waals surface area contributed by atoms with Gasteiger partial charge in [0.2, 0.25) is 0 Å². The van der Waals surface area contributed by atoms with Gasteiger partial charge in [-0.1, -0.05) is 42.5 Å². The Morgan fingerprint density at radius 2 is 1.88 bits per heavy atom. The van der Waals surface area contributed by atoms with Crippen molar-refractivity contribution in [2.75, 3.05) is 5.32 Å². The van der Waals surface area contributed by atoms with Crippen molar-refractivity contribution < 1.29 is 9.72 Å². The Hall–Kier alpha value is -3.21. The van der Waals surface area contributed by atoms with Crippen LogP contribution < -0.4 is 5.32 Å². The van der Waals surface area contributed by atoms with Gasteiger partial charge in [-0.05, 0) is 22.4 Å². The molecule has 0 saturated carbocycles. The number of carbonyl (C=O) groups is 1. The highest BCUT2D eigenvalue weighted by atomic mass is 16.6. The smallest absolute Gasteiger partial charge is 0.269 e. The number of hydrogen-bond donors (Lipinski definition) is 1. The van der Waals surface area contributed by atoms with Crippen molar-refractivity contribution in [3.8, 4) is 0 Å². The Balaban J connectivity index is 1.77. The molecule has 3 aromatic rings. The molecule has 4 rings (SSSR count). The van der Waals surface area contributed by atoms with E-state index < -0.39 is 4.92 Å². The van der Waals surface area contributed by atoms with E-state index in [4.69, 9.17) is 0 Å². The number of hydrogen-bond acceptors (Lipinski definition) is 4. The predicted octanol–water partition coefficient (Wildman–Crippen LogP) is 4.49. The summed E-state index contributed by atoms with van der Waals surface area (Å²) in [6, 6.07) is 17.8. The van der Waals surface area contributed by atoms with E-state index in [1.165, 1.54) is 12.1 Å². The summed E-state index contributed by atoms with van der Waals surface area (Å²) in [5.74, 6) is 0.0528. The Bertz CT molecular complexity index is 981. The van der Waals surface area contributed by atoms with E-state index in [9.17, 15) is 14.9 Å². The predicted molar refractivity (Wildman–Crippen MR) is 92.4 cm³/mol. The van der Waals surface area contributed by atoms with Gasteiger partial charge in [0.15, 0.2) is 5.78 Å². The molecule has 1 N–H and O–H groups in total. The number of Topliss-reactive ketones (excluding diaryl/α,β-unsaturated/α-hetero) is 1. The SMILES string of the molecule is O=C1CC(c2cccc([N+](=O)[O-])c2)Nc2ccc3ccccc3c21. The van der Waals surface area contributed by atoms with Crippen LogP contribution in [0.3, 0.4) is 0 Å². The van der Waals surface area contributed by atoms with Gasteiger partial charge in [-0.15, -0.1) is 0 Å². The van der Waals surface area contributed by atoms with Crippen molar-refractivity contribution >= 4 is 27.9 Å². The second kappa shape index (κ2) is 5.45. The number of nitro benzene ring substituents is 1. The van der Waals surface area contributed by atoms with Crippen molar-refractivity contribution in [2.24, 2.45) is 0 Å². The molecule has 5 heteroatoms. The second-order valence-corrected chi connectivity index (χ2v) is 5.89. The van der Waals surface area contributed by atoms with E-state index in [2.05, 4.69) is 5.32 Å². The second-order valence-electron chi connectivity index (χ2n) is 5.89. The zero-order chi connectivity index (χ0) is 16.7. The van der Waals surface area contributed by atoms with Gasteiger partial charge >= 0.3 is 0 Å². The summed E-state index contributed by atoms with van der Waals surface area (Å²) in [6.07, 6.45) is 0.280. The first-order valence-electron chi connectivity index (χ1n) is 7.69. The van der Waals surface area contributed by atoms with Crippen LogP contribution in [0.15, 0.2) is 60.7 Å². The molecule has 0 fully saturated rings. The third-order valence-corrected chi connectivity index (χ3v) is 4.41. The fraction of sp³-hybridized carbons (Fsp3) is 0.105. The van der Waals surface area contributed by atoms with Gasteiger partial charge in [0.25, 0.3) is 5.69 Å². The van der Waals surface area contributed by atoms with E-state index in [-0.39, 0.29) is 23.9 Å². The maximum Gasteiger partial charge on any atom is 0.269 e. The van der Waals surface area contributed by atoms with Crippen molar-refractivity contribution in [1.29, 1.82) is 0 Å². The Kier molecular flexibility index (Phi) is 3.27. The summed E-state index contributed by atoms with van der Waals surface area (Å²) in [4.78, 5) is 23.3. The Labute approximate surface area is 138 Å². The van der Waals surface area contributed by atoms with Crippen LogP contribution in [0.4, 0.5) is 11.4 Å². The molecule has 118 valence electrons. The maximum atomic E-state index is 12.7. The van der Waals surface area contributed by atoms with Crippen LogP contribution in [-0.4, -0.2) is 10.7 Å². The molecule has 1 aliphatic rings. The molecule has 0 bridgehead atoms. The lowest BCUT2D eigenvalue weighted by Gasteiger charge is -2.27. The maximum absolute atomic E-state index is 12.7. The molecule has 3 aromatic carbocycles. The lowest BCUT2D eigenvalue weighted by molar-refractivity contribution is -0.384. The molecule has 24 heavy (non-hydrogen) atoms. The van der Waals surface area contributed by atoms with Crippen molar-refractivity contribution in [3.05, 3.63) is 81.9 Å². The Morgan fingerprint density at radius 3 is 2.71 bits per heavy atom. The molecule has 1 unspecified atom stereocenters. The van der Waals surface area contributed by atoms with Crippen LogP contribution in [0.5, 0.6) is 0 Å². The van der Waals surface area contributed by atoms with Crippen LogP contribution in [-0.2, 0) is 0 Å². The largest absolute Gasteiger partial charge is 0.377 e. The monoisotopic (exact) mass is 318 g/mol. The van der Waals surface area contributed by atoms with Gasteiger partial charge < -0.3 is 5.32 Å². The van der Waals surface area contributed by atoms with E-state index in [1.54, 1.807) is 6.07 Å². The average molecular weight is 318 g/mol. The molecule has 0 amide bonds. The molecule has 1 aliphatic heterocycles. The highest BCUT2D eigenvalue weighted by Crippen LogP contribution is 2.37. The molecule has 5 nitrogen and oxygen atoms in total.